The zero-order valence-corrected chi connectivity index (χ0v) is 30.2. The molecule has 0 spiro atoms. The van der Waals surface area contributed by atoms with Crippen molar-refractivity contribution in [3.63, 3.8) is 0 Å². The van der Waals surface area contributed by atoms with Crippen LogP contribution < -0.4 is 15.4 Å². The summed E-state index contributed by atoms with van der Waals surface area (Å²) in [6, 6.07) is 7.62. The maximum atomic E-state index is 13.2. The number of fused-ring (bicyclic) bond motifs is 1. The highest BCUT2D eigenvalue weighted by molar-refractivity contribution is 7.19. The van der Waals surface area contributed by atoms with Gasteiger partial charge in [0, 0.05) is 31.7 Å². The number of amides is 2. The summed E-state index contributed by atoms with van der Waals surface area (Å²) >= 11 is 7.37. The third-order valence-corrected chi connectivity index (χ3v) is 8.55. The number of ether oxygens (including phenoxy) is 2. The van der Waals surface area contributed by atoms with Crippen LogP contribution in [-0.4, -0.2) is 50.3 Å². The molecule has 0 saturated heterocycles. The van der Waals surface area contributed by atoms with Gasteiger partial charge >= 0.3 is 6.18 Å². The molecule has 262 valence electrons. The Balaban J connectivity index is 0.000000617. The van der Waals surface area contributed by atoms with E-state index in [1.54, 1.807) is 25.3 Å². The normalized spacial score (nSPS) is 12.9. The monoisotopic (exact) mass is 699 g/mol. The summed E-state index contributed by atoms with van der Waals surface area (Å²) in [5.41, 5.74) is 1.08. The predicted octanol–water partition coefficient (Wildman–Crippen LogP) is 10.1. The van der Waals surface area contributed by atoms with Crippen molar-refractivity contribution in [3.8, 4) is 5.75 Å². The van der Waals surface area contributed by atoms with Crippen LogP contribution in [0.3, 0.4) is 0 Å². The Morgan fingerprint density at radius 1 is 1.11 bits per heavy atom. The number of allylic oxidation sites excluding steroid dienone is 1. The highest BCUT2D eigenvalue weighted by Gasteiger charge is 2.26. The lowest BCUT2D eigenvalue weighted by molar-refractivity contribution is -0.135. The predicted molar refractivity (Wildman–Crippen MR) is 188 cm³/mol. The second-order valence-corrected chi connectivity index (χ2v) is 13.0. The molecule has 2 aromatic carbocycles. The summed E-state index contributed by atoms with van der Waals surface area (Å²) in [7, 11) is 3.22. The Bertz CT molecular complexity index is 1430. The topological polar surface area (TPSA) is 89.6 Å². The van der Waals surface area contributed by atoms with Crippen LogP contribution in [-0.2, 0) is 4.74 Å². The largest absolute Gasteiger partial charge is 0.496 e. The standard InChI is InChI=1S/C21H19ClF3N3O3S.C11H24O.C3H6/c1-11-27-14-6-7-16(31-2)17(18(14)32-11)20(30)28-15-10-12(22)4-5-13(15)19(29)26-9-3-8-21(23,24)25;1-6-10(3)11(4)7-9(2)8-12-5;1-3-2/h4-7,10H,3,8-9H2,1-2H3,(H,26,29)(H,28,30);9-11H,6-8H2,1-5H3;3H,1H2,2H3. The number of halogens is 4. The summed E-state index contributed by atoms with van der Waals surface area (Å²) in [5, 5.41) is 6.15. The van der Waals surface area contributed by atoms with Gasteiger partial charge in [-0.2, -0.15) is 13.2 Å². The van der Waals surface area contributed by atoms with Gasteiger partial charge in [-0.1, -0.05) is 51.8 Å². The molecule has 0 saturated carbocycles. The number of methoxy groups -OCH3 is 2. The molecule has 0 radical (unpaired) electrons. The number of hydrogen-bond acceptors (Lipinski definition) is 6. The maximum absolute atomic E-state index is 13.2. The lowest BCUT2D eigenvalue weighted by atomic mass is 9.86. The zero-order valence-electron chi connectivity index (χ0n) is 28.6. The van der Waals surface area contributed by atoms with Crippen LogP contribution in [0.1, 0.15) is 86.0 Å². The van der Waals surface area contributed by atoms with Crippen molar-refractivity contribution in [1.82, 2.24) is 10.3 Å². The average molecular weight is 700 g/mol. The molecule has 3 rings (SSSR count). The molecule has 3 atom stereocenters. The minimum absolute atomic E-state index is 0.0707. The minimum Gasteiger partial charge on any atom is -0.496 e. The van der Waals surface area contributed by atoms with Crippen molar-refractivity contribution in [2.75, 3.05) is 32.7 Å². The number of aryl methyl sites for hydroxylation is 1. The first-order chi connectivity index (χ1) is 22.1. The average Bonchev–Trinajstić information content (AvgIpc) is 3.38. The van der Waals surface area contributed by atoms with Crippen LogP contribution in [0.5, 0.6) is 5.75 Å². The van der Waals surface area contributed by atoms with E-state index in [0.29, 0.717) is 21.9 Å². The number of thiazole rings is 1. The first-order valence-corrected chi connectivity index (χ1v) is 16.8. The van der Waals surface area contributed by atoms with Gasteiger partial charge in [-0.05, 0) is 74.8 Å². The Morgan fingerprint density at radius 2 is 1.77 bits per heavy atom. The Kier molecular flexibility index (Phi) is 18.7. The van der Waals surface area contributed by atoms with Gasteiger partial charge in [-0.3, -0.25) is 9.59 Å². The van der Waals surface area contributed by atoms with Crippen molar-refractivity contribution in [3.05, 3.63) is 64.1 Å². The van der Waals surface area contributed by atoms with Gasteiger partial charge in [0.25, 0.3) is 11.8 Å². The molecule has 1 aromatic heterocycles. The summed E-state index contributed by atoms with van der Waals surface area (Å²) in [4.78, 5) is 30.1. The number of nitrogens with zero attached hydrogens (tertiary/aromatic N) is 1. The number of rotatable bonds is 13. The molecule has 3 unspecified atom stereocenters. The van der Waals surface area contributed by atoms with Crippen molar-refractivity contribution < 1.29 is 32.2 Å². The van der Waals surface area contributed by atoms with E-state index in [9.17, 15) is 22.8 Å². The number of carbonyl (C=O) groups excluding carboxylic acids is 2. The number of benzene rings is 2. The third kappa shape index (κ3) is 14.7. The number of alkyl halides is 3. The Labute approximate surface area is 286 Å². The smallest absolute Gasteiger partial charge is 0.389 e. The lowest BCUT2D eigenvalue weighted by Gasteiger charge is -2.21. The number of nitrogens with one attached hydrogen (secondary N) is 2. The second-order valence-electron chi connectivity index (χ2n) is 11.4. The quantitative estimate of drug-likeness (QED) is 0.137. The van der Waals surface area contributed by atoms with Crippen LogP contribution in [0, 0.1) is 24.7 Å². The first-order valence-electron chi connectivity index (χ1n) is 15.6. The van der Waals surface area contributed by atoms with Gasteiger partial charge in [0.1, 0.15) is 11.3 Å². The summed E-state index contributed by atoms with van der Waals surface area (Å²) < 4.78 is 48.0. The first kappa shape index (κ1) is 41.9. The molecule has 1 heterocycles. The van der Waals surface area contributed by atoms with Crippen molar-refractivity contribution >= 4 is 50.7 Å². The van der Waals surface area contributed by atoms with E-state index in [-0.39, 0.29) is 34.8 Å². The fraction of sp³-hybridized carbons (Fsp3) is 0.514. The number of aromatic nitrogens is 1. The molecule has 0 fully saturated rings. The summed E-state index contributed by atoms with van der Waals surface area (Å²) in [6.45, 7) is 17.0. The van der Waals surface area contributed by atoms with E-state index in [1.165, 1.54) is 49.5 Å². The van der Waals surface area contributed by atoms with Gasteiger partial charge in [0.05, 0.1) is 33.6 Å². The van der Waals surface area contributed by atoms with E-state index in [2.05, 4.69) is 49.9 Å². The van der Waals surface area contributed by atoms with Gasteiger partial charge in [-0.25, -0.2) is 4.98 Å². The van der Waals surface area contributed by atoms with E-state index in [0.717, 1.165) is 23.5 Å². The van der Waals surface area contributed by atoms with Crippen LogP contribution in [0.2, 0.25) is 5.02 Å². The van der Waals surface area contributed by atoms with E-state index in [4.69, 9.17) is 21.1 Å². The Hall–Kier alpha value is -3.15. The highest BCUT2D eigenvalue weighted by Crippen LogP contribution is 2.33. The van der Waals surface area contributed by atoms with E-state index in [1.807, 2.05) is 13.8 Å². The highest BCUT2D eigenvalue weighted by atomic mass is 35.5. The molecule has 2 amide bonds. The SMILES string of the molecule is C=CC.CCC(C)C(C)CC(C)COC.COc1ccc2nc(C)sc2c1C(=O)Nc1cc(Cl)ccc1C(=O)NCCCC(F)(F)F. The van der Waals surface area contributed by atoms with Gasteiger partial charge < -0.3 is 20.1 Å². The fourth-order valence-corrected chi connectivity index (χ4v) is 5.81. The molecule has 12 heteroatoms. The van der Waals surface area contributed by atoms with Crippen molar-refractivity contribution in [1.29, 1.82) is 0 Å². The van der Waals surface area contributed by atoms with E-state index < -0.39 is 24.4 Å². The number of anilines is 1. The molecule has 0 aliphatic heterocycles. The molecular formula is C35H49ClF3N3O4S. The molecule has 3 aromatic rings. The zero-order chi connectivity index (χ0) is 35.7. The number of hydrogen-bond donors (Lipinski definition) is 2. The maximum Gasteiger partial charge on any atom is 0.389 e. The second kappa shape index (κ2) is 21.0. The van der Waals surface area contributed by atoms with Crippen LogP contribution in [0.4, 0.5) is 18.9 Å². The fourth-order valence-electron chi connectivity index (χ4n) is 4.68. The molecule has 0 aliphatic rings. The third-order valence-electron chi connectivity index (χ3n) is 7.31. The lowest BCUT2D eigenvalue weighted by Crippen LogP contribution is -2.27. The molecule has 0 bridgehead atoms. The van der Waals surface area contributed by atoms with Crippen LogP contribution in [0.25, 0.3) is 10.2 Å². The molecular weight excluding hydrogens is 651 g/mol. The van der Waals surface area contributed by atoms with Crippen LogP contribution >= 0.6 is 22.9 Å². The molecule has 47 heavy (non-hydrogen) atoms. The van der Waals surface area contributed by atoms with Crippen molar-refractivity contribution in [2.45, 2.75) is 73.4 Å². The minimum atomic E-state index is -4.29. The summed E-state index contributed by atoms with van der Waals surface area (Å²) in [6.07, 6.45) is -1.22. The Morgan fingerprint density at radius 3 is 2.34 bits per heavy atom. The molecule has 0 aliphatic carbocycles. The van der Waals surface area contributed by atoms with E-state index >= 15 is 0 Å². The van der Waals surface area contributed by atoms with Gasteiger partial charge in [0.15, 0.2) is 0 Å². The van der Waals surface area contributed by atoms with Gasteiger partial charge in [0.2, 0.25) is 0 Å². The molecule has 7 nitrogen and oxygen atoms in total. The molecule has 2 N–H and O–H groups in total. The number of carbonyl (C=O) groups is 2. The van der Waals surface area contributed by atoms with Crippen LogP contribution in [0.15, 0.2) is 43.0 Å². The van der Waals surface area contributed by atoms with Gasteiger partial charge in [-0.15, -0.1) is 17.9 Å². The summed E-state index contributed by atoms with van der Waals surface area (Å²) in [5.74, 6) is 1.56. The van der Waals surface area contributed by atoms with Crippen molar-refractivity contribution in [2.24, 2.45) is 17.8 Å².